The van der Waals surface area contributed by atoms with E-state index in [4.69, 9.17) is 56.8 Å². The predicted octanol–water partition coefficient (Wildman–Crippen LogP) is 34.8. The summed E-state index contributed by atoms with van der Waals surface area (Å²) in [6, 6.07) is 0.289. The molecular formula is C130H248N2O18. The van der Waals surface area contributed by atoms with Crippen molar-refractivity contribution in [1.82, 2.24) is 9.80 Å². The van der Waals surface area contributed by atoms with E-state index in [-0.39, 0.29) is 68.3 Å². The fraction of sp³-hybridized carbons (Fsp3) is 0.908. The average molecular weight is 2130 g/mol. The van der Waals surface area contributed by atoms with Crippen molar-refractivity contribution in [2.75, 3.05) is 119 Å². The van der Waals surface area contributed by atoms with Gasteiger partial charge in [-0.15, -0.1) is 0 Å². The summed E-state index contributed by atoms with van der Waals surface area (Å²) in [6.07, 6.45) is 77.4. The van der Waals surface area contributed by atoms with Crippen LogP contribution in [0.25, 0.3) is 0 Å². The average Bonchev–Trinajstić information content (AvgIpc) is 0.914. The number of rotatable bonds is 116. The first kappa shape index (κ1) is 146. The summed E-state index contributed by atoms with van der Waals surface area (Å²) >= 11 is 0. The Hall–Kier alpha value is -3.64. The number of nitrogens with zero attached hydrogens (tertiary/aromatic N) is 2. The molecule has 0 aliphatic heterocycles. The topological polar surface area (TPSA) is 226 Å². The van der Waals surface area contributed by atoms with E-state index in [1.807, 2.05) is 0 Å². The van der Waals surface area contributed by atoms with Crippen LogP contribution < -0.4 is 0 Å². The number of carbonyl (C=O) groups is 4. The summed E-state index contributed by atoms with van der Waals surface area (Å²) in [5.74, 6) is 3.05. The third-order valence-electron chi connectivity index (χ3n) is 29.8. The molecule has 0 saturated heterocycles. The highest BCUT2D eigenvalue weighted by atomic mass is 16.7. The van der Waals surface area contributed by atoms with Gasteiger partial charge in [0.25, 0.3) is 0 Å². The molecule has 0 radical (unpaired) electrons. The molecule has 0 aliphatic carbocycles. The number of unbranched alkanes of at least 4 members (excludes halogenated alkanes) is 35. The minimum Gasteiger partial charge on any atom is -0.466 e. The summed E-state index contributed by atoms with van der Waals surface area (Å²) in [5.41, 5.74) is 5.55. The zero-order valence-electron chi connectivity index (χ0n) is 102. The number of aliphatic hydroxyl groups excluding tert-OH is 2. The molecular weight excluding hydrogens is 1880 g/mol. The van der Waals surface area contributed by atoms with Crippen LogP contribution in [0.2, 0.25) is 0 Å². The largest absolute Gasteiger partial charge is 0.466 e. The molecule has 0 spiro atoms. The first-order valence-corrected chi connectivity index (χ1v) is 63.5. The van der Waals surface area contributed by atoms with E-state index >= 15 is 0 Å². The van der Waals surface area contributed by atoms with Gasteiger partial charge < -0.3 is 67.1 Å². The third kappa shape index (κ3) is 99.9. The molecule has 9 atom stereocenters. The van der Waals surface area contributed by atoms with Gasteiger partial charge in [0.2, 0.25) is 0 Å². The van der Waals surface area contributed by atoms with Gasteiger partial charge in [0.05, 0.1) is 65.3 Å². The second-order valence-electron chi connectivity index (χ2n) is 46.9. The maximum absolute atomic E-state index is 13.3. The van der Waals surface area contributed by atoms with E-state index < -0.39 is 18.9 Å². The third-order valence-corrected chi connectivity index (χ3v) is 29.8. The van der Waals surface area contributed by atoms with Gasteiger partial charge >= 0.3 is 23.9 Å². The standard InChI is InChI=1S/C130H248N2O18/c1-20-24-27-30-33-43-60-97-143-127(144-98-61-44-34-31-28-25-21-2)81-77-123(135)139-93-56-46-36-39-52-89-131(121(108-133)105-113(11)12)90-53-40-37-47-57-94-140-124(136)78-82-128(145-99-62-45-35-32-29-26-22-3)146-100-63-48-38-51-76-120(23-4)107-119(19)75-67-74-118(18)88-104-150-130(149-103-87-117(17)73-66-70-112(9)10)84-80-126(138)142-96-59-50-42-55-92-132(122(109-134)106-114(13)14)91-54-41-49-58-95-141-125(137)79-83-129(147-101-85-115(15)71-64-68-110(5)6)148-102-86-116(16)72-65-69-111(7)8/h68-70,75,113-118,120-122,127-130,133-134H,20-67,71-74,76-109H2,1-19H3/b119-75-. The van der Waals surface area contributed by atoms with Gasteiger partial charge in [-0.2, -0.15) is 0 Å². The van der Waals surface area contributed by atoms with Gasteiger partial charge in [-0.1, -0.05) is 342 Å². The molecule has 886 valence electrons. The molecule has 2 N–H and O–H groups in total. The minimum atomic E-state index is -0.454. The molecule has 9 unspecified atom stereocenters. The molecule has 0 rings (SSSR count). The highest BCUT2D eigenvalue weighted by Crippen LogP contribution is 2.28. The lowest BCUT2D eigenvalue weighted by molar-refractivity contribution is -0.161. The van der Waals surface area contributed by atoms with E-state index in [0.717, 1.165) is 277 Å². The van der Waals surface area contributed by atoms with Crippen LogP contribution in [-0.4, -0.2) is 200 Å². The quantitative estimate of drug-likeness (QED) is 0.0190. The Morgan fingerprint density at radius 2 is 0.467 bits per heavy atom. The van der Waals surface area contributed by atoms with Crippen LogP contribution in [0.5, 0.6) is 0 Å². The molecule has 0 aromatic heterocycles. The van der Waals surface area contributed by atoms with Crippen molar-refractivity contribution in [2.24, 2.45) is 41.4 Å². The van der Waals surface area contributed by atoms with Crippen LogP contribution in [0.1, 0.15) is 568 Å². The molecule has 0 heterocycles. The zero-order chi connectivity index (χ0) is 110. The van der Waals surface area contributed by atoms with Gasteiger partial charge in [-0.3, -0.25) is 29.0 Å². The molecule has 0 bridgehead atoms. The number of hydrogen-bond donors (Lipinski definition) is 2. The maximum Gasteiger partial charge on any atom is 0.305 e. The first-order valence-electron chi connectivity index (χ1n) is 63.5. The van der Waals surface area contributed by atoms with E-state index in [9.17, 15) is 29.4 Å². The predicted molar refractivity (Wildman–Crippen MR) is 630 cm³/mol. The Balaban J connectivity index is 5.13. The maximum atomic E-state index is 13.3. The first-order chi connectivity index (χ1) is 72.7. The fourth-order valence-electron chi connectivity index (χ4n) is 19.7. The summed E-state index contributed by atoms with van der Waals surface area (Å²) < 4.78 is 73.6. The smallest absolute Gasteiger partial charge is 0.305 e. The van der Waals surface area contributed by atoms with Crippen molar-refractivity contribution < 1.29 is 86.2 Å². The normalized spacial score (nSPS) is 14.1. The minimum absolute atomic E-state index is 0.123. The summed E-state index contributed by atoms with van der Waals surface area (Å²) in [6.45, 7) is 53.4. The lowest BCUT2D eigenvalue weighted by atomic mass is 9.91. The van der Waals surface area contributed by atoms with E-state index in [1.54, 1.807) is 0 Å². The molecule has 0 aromatic carbocycles. The highest BCUT2D eigenvalue weighted by Gasteiger charge is 2.25. The van der Waals surface area contributed by atoms with Gasteiger partial charge in [-0.25, -0.2) is 0 Å². The number of allylic oxidation sites excluding steroid dienone is 8. The molecule has 150 heavy (non-hydrogen) atoms. The van der Waals surface area contributed by atoms with Crippen molar-refractivity contribution in [3.8, 4) is 0 Å². The van der Waals surface area contributed by atoms with Crippen LogP contribution >= 0.6 is 0 Å². The Kier molecular flexibility index (Phi) is 106. The lowest BCUT2D eigenvalue weighted by Gasteiger charge is -2.32. The van der Waals surface area contributed by atoms with E-state index in [0.29, 0.717) is 159 Å². The van der Waals surface area contributed by atoms with Gasteiger partial charge in [0.15, 0.2) is 25.2 Å². The summed E-state index contributed by atoms with van der Waals surface area (Å²) in [5, 5.41) is 21.1. The number of esters is 4. The zero-order valence-corrected chi connectivity index (χ0v) is 102. The van der Waals surface area contributed by atoms with Crippen LogP contribution in [0, 0.1) is 41.4 Å². The molecule has 20 nitrogen and oxygen atoms in total. The molecule has 0 aliphatic rings. The van der Waals surface area contributed by atoms with Crippen molar-refractivity contribution in [1.29, 1.82) is 0 Å². The van der Waals surface area contributed by atoms with E-state index in [1.165, 1.54) is 157 Å². The van der Waals surface area contributed by atoms with Crippen LogP contribution in [0.4, 0.5) is 0 Å². The SMILES string of the molecule is CCCCCCCCCOC(CCC(=O)OCCCCCCCN(CCCCCCCOC(=O)CCC(OCCCCCCCCC)OCCCCCCC(CC)C/C(C)=C\CCC(C)CCOC(CCC(=O)OCCCCCCN(CCCCCCOC(=O)CCC(OCCC(C)CCC=C(C)C)OCCC(C)CCC=C(C)C)C(CO)CC(C)C)OCCC(C)CCC=C(C)C)C(CO)CC(C)C)OCCCCCCCCC. The summed E-state index contributed by atoms with van der Waals surface area (Å²) in [4.78, 5) is 57.3. The van der Waals surface area contributed by atoms with Crippen molar-refractivity contribution in [2.45, 2.75) is 605 Å². The molecule has 0 saturated carbocycles. The van der Waals surface area contributed by atoms with Gasteiger partial charge in [0, 0.05) is 90.6 Å². The Morgan fingerprint density at radius 1 is 0.247 bits per heavy atom. The van der Waals surface area contributed by atoms with Gasteiger partial charge in [0.1, 0.15) is 0 Å². The Bertz CT molecular complexity index is 3020. The number of ether oxygens (including phenoxy) is 12. The number of carbonyl (C=O) groups excluding carboxylic acids is 4. The second-order valence-corrected chi connectivity index (χ2v) is 46.9. The Morgan fingerprint density at radius 3 is 0.700 bits per heavy atom. The number of aliphatic hydroxyl groups is 2. The van der Waals surface area contributed by atoms with Crippen LogP contribution in [-0.2, 0) is 76.0 Å². The van der Waals surface area contributed by atoms with Crippen molar-refractivity contribution >= 4 is 23.9 Å². The second kappa shape index (κ2) is 108. The lowest BCUT2D eigenvalue weighted by Crippen LogP contribution is -2.40. The highest BCUT2D eigenvalue weighted by molar-refractivity contribution is 5.70. The molecule has 0 amide bonds. The fourth-order valence-corrected chi connectivity index (χ4v) is 19.7. The Labute approximate surface area is 926 Å². The van der Waals surface area contributed by atoms with Crippen LogP contribution in [0.15, 0.2) is 46.6 Å². The number of hydrogen-bond acceptors (Lipinski definition) is 20. The van der Waals surface area contributed by atoms with Crippen molar-refractivity contribution in [3.05, 3.63) is 46.6 Å². The molecule has 0 fully saturated rings. The molecule has 20 heteroatoms. The van der Waals surface area contributed by atoms with Gasteiger partial charge in [-0.05, 0) is 289 Å². The van der Waals surface area contributed by atoms with Crippen molar-refractivity contribution in [3.63, 3.8) is 0 Å². The van der Waals surface area contributed by atoms with E-state index in [2.05, 4.69) is 166 Å². The summed E-state index contributed by atoms with van der Waals surface area (Å²) in [7, 11) is 0. The molecule has 0 aromatic rings. The van der Waals surface area contributed by atoms with Crippen LogP contribution in [0.3, 0.4) is 0 Å². The monoisotopic (exact) mass is 2130 g/mol.